The number of rotatable bonds is 3. The lowest BCUT2D eigenvalue weighted by atomic mass is 10.1. The fourth-order valence-electron chi connectivity index (χ4n) is 2.34. The molecule has 1 aromatic heterocycles. The first-order chi connectivity index (χ1) is 7.66. The van der Waals surface area contributed by atoms with Gasteiger partial charge < -0.3 is 10.2 Å². The van der Waals surface area contributed by atoms with Crippen molar-refractivity contribution in [3.8, 4) is 0 Å². The van der Waals surface area contributed by atoms with Gasteiger partial charge in [0.15, 0.2) is 0 Å². The summed E-state index contributed by atoms with van der Waals surface area (Å²) in [7, 11) is 0. The van der Waals surface area contributed by atoms with E-state index in [1.54, 1.807) is 0 Å². The Bertz CT molecular complexity index is 306. The molecule has 0 spiro atoms. The van der Waals surface area contributed by atoms with Crippen LogP contribution in [0, 0.1) is 0 Å². The molecule has 1 aliphatic heterocycles. The van der Waals surface area contributed by atoms with E-state index in [9.17, 15) is 0 Å². The molecule has 0 unspecified atom stereocenters. The molecular weight excluding hydrogens is 216 g/mol. The van der Waals surface area contributed by atoms with Crippen LogP contribution in [0.3, 0.4) is 0 Å². The van der Waals surface area contributed by atoms with E-state index in [0.29, 0.717) is 0 Å². The van der Waals surface area contributed by atoms with Gasteiger partial charge in [0, 0.05) is 23.5 Å². The van der Waals surface area contributed by atoms with Gasteiger partial charge >= 0.3 is 0 Å². The minimum Gasteiger partial charge on any atom is -0.310 e. The summed E-state index contributed by atoms with van der Waals surface area (Å²) in [5.41, 5.74) is 0.270. The van der Waals surface area contributed by atoms with Crippen molar-refractivity contribution in [3.63, 3.8) is 0 Å². The molecular formula is C13H22N2S. The van der Waals surface area contributed by atoms with Crippen LogP contribution in [0.4, 0.5) is 0 Å². The molecule has 1 fully saturated rings. The Morgan fingerprint density at radius 2 is 2.38 bits per heavy atom. The average molecular weight is 238 g/mol. The van der Waals surface area contributed by atoms with Crippen molar-refractivity contribution in [1.82, 2.24) is 10.2 Å². The second kappa shape index (κ2) is 5.30. The van der Waals surface area contributed by atoms with E-state index in [2.05, 4.69) is 41.6 Å². The molecule has 0 radical (unpaired) electrons. The molecule has 1 saturated heterocycles. The highest BCUT2D eigenvalue weighted by Gasteiger charge is 2.23. The third-order valence-corrected chi connectivity index (χ3v) is 4.06. The van der Waals surface area contributed by atoms with Crippen molar-refractivity contribution >= 4 is 11.3 Å². The largest absolute Gasteiger partial charge is 0.310 e. The van der Waals surface area contributed by atoms with E-state index in [1.165, 1.54) is 37.4 Å². The predicted molar refractivity (Wildman–Crippen MR) is 71.2 cm³/mol. The van der Waals surface area contributed by atoms with Crippen LogP contribution in [0.5, 0.6) is 0 Å². The normalized spacial score (nSPS) is 21.9. The Labute approximate surface area is 103 Å². The summed E-state index contributed by atoms with van der Waals surface area (Å²) in [5.74, 6) is 0. The molecule has 90 valence electrons. The van der Waals surface area contributed by atoms with Crippen LogP contribution >= 0.6 is 11.3 Å². The summed E-state index contributed by atoms with van der Waals surface area (Å²) in [6.07, 6.45) is 2.47. The standard InChI is InChI=1S/C13H22N2S/c1-13(2)11-15(8-4-7-14-13)9-6-12-5-3-10-16-12/h3,5,10,14H,4,6-9,11H2,1-2H3. The van der Waals surface area contributed by atoms with Gasteiger partial charge in [0.2, 0.25) is 0 Å². The molecule has 1 aromatic rings. The zero-order chi connectivity index (χ0) is 11.4. The molecule has 3 heteroatoms. The molecule has 2 nitrogen and oxygen atoms in total. The van der Waals surface area contributed by atoms with Crippen LogP contribution in [0.15, 0.2) is 17.5 Å². The third-order valence-electron chi connectivity index (χ3n) is 3.13. The lowest BCUT2D eigenvalue weighted by Gasteiger charge is -2.29. The first-order valence-corrected chi connectivity index (χ1v) is 7.03. The number of hydrogen-bond donors (Lipinski definition) is 1. The zero-order valence-electron chi connectivity index (χ0n) is 10.3. The Morgan fingerprint density at radius 3 is 3.12 bits per heavy atom. The Morgan fingerprint density at radius 1 is 1.50 bits per heavy atom. The van der Waals surface area contributed by atoms with Gasteiger partial charge in [0.1, 0.15) is 0 Å². The topological polar surface area (TPSA) is 15.3 Å². The highest BCUT2D eigenvalue weighted by atomic mass is 32.1. The summed E-state index contributed by atoms with van der Waals surface area (Å²) in [6, 6.07) is 4.39. The first-order valence-electron chi connectivity index (χ1n) is 6.15. The van der Waals surface area contributed by atoms with Crippen molar-refractivity contribution in [2.45, 2.75) is 32.2 Å². The summed E-state index contributed by atoms with van der Waals surface area (Å²) in [5, 5.41) is 5.77. The van der Waals surface area contributed by atoms with Gasteiger partial charge in [0.25, 0.3) is 0 Å². The molecule has 2 rings (SSSR count). The third kappa shape index (κ3) is 3.58. The van der Waals surface area contributed by atoms with Crippen LogP contribution in [0.1, 0.15) is 25.1 Å². The van der Waals surface area contributed by atoms with Crippen LogP contribution in [0.25, 0.3) is 0 Å². The quantitative estimate of drug-likeness (QED) is 0.869. The van der Waals surface area contributed by atoms with Crippen molar-refractivity contribution < 1.29 is 0 Å². The molecule has 0 bridgehead atoms. The van der Waals surface area contributed by atoms with Crippen LogP contribution in [-0.4, -0.2) is 36.6 Å². The molecule has 0 atom stereocenters. The Hall–Kier alpha value is -0.380. The molecule has 0 aromatic carbocycles. The molecule has 1 aliphatic rings. The number of nitrogens with one attached hydrogen (secondary N) is 1. The van der Waals surface area contributed by atoms with Gasteiger partial charge in [-0.2, -0.15) is 0 Å². The van der Waals surface area contributed by atoms with E-state index in [4.69, 9.17) is 0 Å². The van der Waals surface area contributed by atoms with Gasteiger partial charge in [-0.25, -0.2) is 0 Å². The fourth-order valence-corrected chi connectivity index (χ4v) is 3.04. The smallest absolute Gasteiger partial charge is 0.0252 e. The summed E-state index contributed by atoms with van der Waals surface area (Å²) < 4.78 is 0. The summed E-state index contributed by atoms with van der Waals surface area (Å²) >= 11 is 1.87. The minimum atomic E-state index is 0.270. The minimum absolute atomic E-state index is 0.270. The maximum Gasteiger partial charge on any atom is 0.0252 e. The predicted octanol–water partition coefficient (Wildman–Crippen LogP) is 2.36. The number of nitrogens with zero attached hydrogens (tertiary/aromatic N) is 1. The van der Waals surface area contributed by atoms with E-state index < -0.39 is 0 Å². The van der Waals surface area contributed by atoms with E-state index in [1.807, 2.05) is 11.3 Å². The highest BCUT2D eigenvalue weighted by Crippen LogP contribution is 2.13. The summed E-state index contributed by atoms with van der Waals surface area (Å²) in [4.78, 5) is 4.11. The summed E-state index contributed by atoms with van der Waals surface area (Å²) in [6.45, 7) is 9.36. The number of hydrogen-bond acceptors (Lipinski definition) is 3. The van der Waals surface area contributed by atoms with Gasteiger partial charge in [-0.05, 0) is 51.2 Å². The average Bonchev–Trinajstić information content (AvgIpc) is 2.67. The number of thiophene rings is 1. The monoisotopic (exact) mass is 238 g/mol. The lowest BCUT2D eigenvalue weighted by molar-refractivity contribution is 0.234. The molecule has 0 aliphatic carbocycles. The van der Waals surface area contributed by atoms with E-state index >= 15 is 0 Å². The fraction of sp³-hybridized carbons (Fsp3) is 0.692. The molecule has 0 saturated carbocycles. The lowest BCUT2D eigenvalue weighted by Crippen LogP contribution is -2.46. The Kier molecular flexibility index (Phi) is 4.00. The highest BCUT2D eigenvalue weighted by molar-refractivity contribution is 7.09. The molecule has 0 amide bonds. The molecule has 1 N–H and O–H groups in total. The maximum absolute atomic E-state index is 3.60. The van der Waals surface area contributed by atoms with Gasteiger partial charge in [-0.3, -0.25) is 0 Å². The van der Waals surface area contributed by atoms with Gasteiger partial charge in [-0.15, -0.1) is 11.3 Å². The zero-order valence-corrected chi connectivity index (χ0v) is 11.1. The first kappa shape index (κ1) is 12.1. The van der Waals surface area contributed by atoms with Gasteiger partial charge in [0.05, 0.1) is 0 Å². The van der Waals surface area contributed by atoms with Crippen LogP contribution in [-0.2, 0) is 6.42 Å². The van der Waals surface area contributed by atoms with Gasteiger partial charge in [-0.1, -0.05) is 6.07 Å². The molecule has 2 heterocycles. The second-order valence-electron chi connectivity index (χ2n) is 5.27. The van der Waals surface area contributed by atoms with Crippen molar-refractivity contribution in [2.75, 3.05) is 26.2 Å². The Balaban J connectivity index is 1.84. The van der Waals surface area contributed by atoms with Crippen molar-refractivity contribution in [2.24, 2.45) is 0 Å². The van der Waals surface area contributed by atoms with Crippen LogP contribution in [0.2, 0.25) is 0 Å². The molecule has 16 heavy (non-hydrogen) atoms. The van der Waals surface area contributed by atoms with E-state index in [0.717, 1.165) is 6.54 Å². The van der Waals surface area contributed by atoms with Crippen molar-refractivity contribution in [3.05, 3.63) is 22.4 Å². The SMILES string of the molecule is CC1(C)CN(CCc2cccs2)CCCN1. The van der Waals surface area contributed by atoms with Crippen molar-refractivity contribution in [1.29, 1.82) is 0 Å². The second-order valence-corrected chi connectivity index (χ2v) is 6.30. The van der Waals surface area contributed by atoms with Crippen LogP contribution < -0.4 is 5.32 Å². The maximum atomic E-state index is 3.60. The van der Waals surface area contributed by atoms with E-state index in [-0.39, 0.29) is 5.54 Å².